The molecule has 0 bridgehead atoms. The molecule has 3 N–H and O–H groups in total. The van der Waals surface area contributed by atoms with E-state index in [1.165, 1.54) is 25.3 Å². The largest absolute Gasteiger partial charge is 0.480 e. The Kier molecular flexibility index (Phi) is 8.76. The Morgan fingerprint density at radius 2 is 1.66 bits per heavy atom. The highest BCUT2D eigenvalue weighted by Crippen LogP contribution is 2.24. The maximum Gasteiger partial charge on any atom is 0.329 e. The molecule has 0 fully saturated rings. The van der Waals surface area contributed by atoms with Gasteiger partial charge in [-0.25, -0.2) is 9.78 Å². The van der Waals surface area contributed by atoms with Crippen LogP contribution in [0.4, 0.5) is 5.69 Å². The van der Waals surface area contributed by atoms with Gasteiger partial charge in [0.1, 0.15) is 5.54 Å². The Bertz CT molecular complexity index is 1170. The topological polar surface area (TPSA) is 108 Å². The number of carboxylic acid groups (broad SMARTS) is 1. The number of thiazole rings is 1. The summed E-state index contributed by atoms with van der Waals surface area (Å²) in [6, 6.07) is 14.9. The molecule has 0 saturated carbocycles. The highest BCUT2D eigenvalue weighted by molar-refractivity contribution is 7.12. The van der Waals surface area contributed by atoms with Crippen LogP contribution < -0.4 is 10.6 Å². The minimum atomic E-state index is -1.35. The number of carbonyl (C=O) groups excluding carboxylic acids is 2. The molecule has 1 atom stereocenters. The molecule has 0 radical (unpaired) electrons. The minimum absolute atomic E-state index is 0.178. The van der Waals surface area contributed by atoms with Gasteiger partial charge in [0.25, 0.3) is 11.8 Å². The van der Waals surface area contributed by atoms with Crippen LogP contribution in [0.3, 0.4) is 0 Å². The summed E-state index contributed by atoms with van der Waals surface area (Å²) in [4.78, 5) is 40.9. The lowest BCUT2D eigenvalue weighted by Gasteiger charge is -2.23. The van der Waals surface area contributed by atoms with Crippen molar-refractivity contribution >= 4 is 34.8 Å². The quantitative estimate of drug-likeness (QED) is 0.294. The molecule has 2 aromatic carbocycles. The van der Waals surface area contributed by atoms with E-state index < -0.39 is 17.4 Å². The Balaban J connectivity index is 1.61. The highest BCUT2D eigenvalue weighted by atomic mass is 32.1. The SMILES string of the molecule is CCCCCc1ccc(C(=O)Nc2ccc(-c3csc(C(=O)NC(C)(CC)C(=O)O)n3)cc2)cc1. The number of hydrogen-bond donors (Lipinski definition) is 3. The summed E-state index contributed by atoms with van der Waals surface area (Å²) in [5.41, 5.74) is 2.52. The molecule has 7 nitrogen and oxygen atoms in total. The predicted octanol–water partition coefficient (Wildman–Crippen LogP) is 5.78. The third-order valence-electron chi connectivity index (χ3n) is 5.99. The normalized spacial score (nSPS) is 12.5. The van der Waals surface area contributed by atoms with Crippen molar-refractivity contribution in [2.75, 3.05) is 5.32 Å². The van der Waals surface area contributed by atoms with E-state index in [1.807, 2.05) is 36.4 Å². The summed E-state index contributed by atoms with van der Waals surface area (Å²) in [6.07, 6.45) is 4.82. The van der Waals surface area contributed by atoms with E-state index in [4.69, 9.17) is 0 Å². The predicted molar refractivity (Wildman–Crippen MR) is 139 cm³/mol. The van der Waals surface area contributed by atoms with Crippen molar-refractivity contribution < 1.29 is 19.5 Å². The van der Waals surface area contributed by atoms with Crippen LogP contribution in [-0.2, 0) is 11.2 Å². The zero-order valence-corrected chi connectivity index (χ0v) is 21.1. The van der Waals surface area contributed by atoms with Crippen molar-refractivity contribution in [3.63, 3.8) is 0 Å². The molecule has 1 aromatic heterocycles. The molecular weight excluding hydrogens is 462 g/mol. The van der Waals surface area contributed by atoms with Crippen molar-refractivity contribution in [2.24, 2.45) is 0 Å². The van der Waals surface area contributed by atoms with Gasteiger partial charge in [0, 0.05) is 22.2 Å². The first-order valence-electron chi connectivity index (χ1n) is 11.8. The molecule has 3 rings (SSSR count). The zero-order valence-electron chi connectivity index (χ0n) is 20.3. The van der Waals surface area contributed by atoms with E-state index in [-0.39, 0.29) is 17.3 Å². The van der Waals surface area contributed by atoms with Gasteiger partial charge in [-0.05, 0) is 56.0 Å². The summed E-state index contributed by atoms with van der Waals surface area (Å²) < 4.78 is 0. The van der Waals surface area contributed by atoms with Crippen LogP contribution in [-0.4, -0.2) is 33.4 Å². The smallest absolute Gasteiger partial charge is 0.329 e. The maximum atomic E-state index is 12.6. The second-order valence-corrected chi connectivity index (χ2v) is 9.53. The first kappa shape index (κ1) is 26.1. The van der Waals surface area contributed by atoms with Crippen LogP contribution in [0.2, 0.25) is 0 Å². The molecule has 35 heavy (non-hydrogen) atoms. The molecule has 3 aromatic rings. The van der Waals surface area contributed by atoms with Gasteiger partial charge in [-0.1, -0.05) is 51.0 Å². The summed E-state index contributed by atoms with van der Waals surface area (Å²) >= 11 is 1.15. The van der Waals surface area contributed by atoms with E-state index in [0.29, 0.717) is 16.9 Å². The Morgan fingerprint density at radius 1 is 0.971 bits per heavy atom. The Morgan fingerprint density at radius 3 is 2.26 bits per heavy atom. The molecule has 0 aliphatic carbocycles. The number of amides is 2. The van der Waals surface area contributed by atoms with E-state index in [0.717, 1.165) is 29.7 Å². The van der Waals surface area contributed by atoms with Gasteiger partial charge in [-0.15, -0.1) is 11.3 Å². The molecule has 1 heterocycles. The zero-order chi connectivity index (χ0) is 25.4. The van der Waals surface area contributed by atoms with Crippen LogP contribution in [0.5, 0.6) is 0 Å². The average Bonchev–Trinajstić information content (AvgIpc) is 3.35. The number of carboxylic acids is 1. The van der Waals surface area contributed by atoms with Crippen molar-refractivity contribution in [1.82, 2.24) is 10.3 Å². The summed E-state index contributed by atoms with van der Waals surface area (Å²) in [6.45, 7) is 5.35. The van der Waals surface area contributed by atoms with Gasteiger partial charge in [0.15, 0.2) is 5.01 Å². The molecule has 1 unspecified atom stereocenters. The van der Waals surface area contributed by atoms with Crippen molar-refractivity contribution in [3.05, 3.63) is 70.0 Å². The number of nitrogens with zero attached hydrogens (tertiary/aromatic N) is 1. The second-order valence-electron chi connectivity index (χ2n) is 8.67. The fourth-order valence-electron chi connectivity index (χ4n) is 3.44. The van der Waals surface area contributed by atoms with Gasteiger partial charge in [-0.2, -0.15) is 0 Å². The number of hydrogen-bond acceptors (Lipinski definition) is 5. The summed E-state index contributed by atoms with van der Waals surface area (Å²) in [7, 11) is 0. The van der Waals surface area contributed by atoms with Gasteiger partial charge in [0.2, 0.25) is 0 Å². The van der Waals surface area contributed by atoms with Gasteiger partial charge < -0.3 is 15.7 Å². The number of carbonyl (C=O) groups is 3. The fourth-order valence-corrected chi connectivity index (χ4v) is 4.16. The lowest BCUT2D eigenvalue weighted by molar-refractivity contribution is -0.143. The number of rotatable bonds is 11. The average molecular weight is 494 g/mol. The number of aryl methyl sites for hydroxylation is 1. The van der Waals surface area contributed by atoms with E-state index >= 15 is 0 Å². The monoisotopic (exact) mass is 493 g/mol. The number of anilines is 1. The summed E-state index contributed by atoms with van der Waals surface area (Å²) in [5.74, 6) is -1.79. The van der Waals surface area contributed by atoms with Crippen LogP contribution in [0, 0.1) is 0 Å². The van der Waals surface area contributed by atoms with Crippen molar-refractivity contribution in [1.29, 1.82) is 0 Å². The third kappa shape index (κ3) is 6.76. The molecule has 0 spiro atoms. The fraction of sp³-hybridized carbons (Fsp3) is 0.333. The van der Waals surface area contributed by atoms with Crippen molar-refractivity contribution in [2.45, 2.75) is 58.4 Å². The number of nitrogens with one attached hydrogen (secondary N) is 2. The molecule has 0 aliphatic heterocycles. The van der Waals surface area contributed by atoms with Crippen molar-refractivity contribution in [3.8, 4) is 11.3 Å². The molecule has 184 valence electrons. The minimum Gasteiger partial charge on any atom is -0.480 e. The third-order valence-corrected chi connectivity index (χ3v) is 6.83. The van der Waals surface area contributed by atoms with Gasteiger partial charge >= 0.3 is 5.97 Å². The number of unbranched alkanes of at least 4 members (excludes halogenated alkanes) is 2. The van der Waals surface area contributed by atoms with Crippen LogP contribution in [0.25, 0.3) is 11.3 Å². The molecule has 8 heteroatoms. The molecule has 2 amide bonds. The lowest BCUT2D eigenvalue weighted by atomic mass is 9.99. The van der Waals surface area contributed by atoms with E-state index in [2.05, 4.69) is 22.5 Å². The van der Waals surface area contributed by atoms with Crippen LogP contribution in [0.1, 0.15) is 72.2 Å². The highest BCUT2D eigenvalue weighted by Gasteiger charge is 2.33. The van der Waals surface area contributed by atoms with Crippen LogP contribution in [0.15, 0.2) is 53.9 Å². The molecule has 0 aliphatic rings. The standard InChI is InChI=1S/C27H31N3O4S/c1-4-6-7-8-18-9-11-20(12-10-18)23(31)28-21-15-13-19(14-16-21)22-17-35-25(29-22)24(32)30-27(3,5-2)26(33)34/h9-17H,4-8H2,1-3H3,(H,28,31)(H,30,32)(H,33,34). The Hall–Kier alpha value is -3.52. The first-order chi connectivity index (χ1) is 16.8. The molecular formula is C27H31N3O4S. The Labute approximate surface area is 209 Å². The van der Waals surface area contributed by atoms with Gasteiger partial charge in [0.05, 0.1) is 5.69 Å². The number of benzene rings is 2. The van der Waals surface area contributed by atoms with Crippen LogP contribution >= 0.6 is 11.3 Å². The lowest BCUT2D eigenvalue weighted by Crippen LogP contribution is -2.51. The van der Waals surface area contributed by atoms with E-state index in [1.54, 1.807) is 24.4 Å². The van der Waals surface area contributed by atoms with Gasteiger partial charge in [-0.3, -0.25) is 9.59 Å². The maximum absolute atomic E-state index is 12.6. The second kappa shape index (κ2) is 11.8. The number of aromatic nitrogens is 1. The molecule has 0 saturated heterocycles. The van der Waals surface area contributed by atoms with E-state index in [9.17, 15) is 19.5 Å². The number of aliphatic carboxylic acids is 1. The summed E-state index contributed by atoms with van der Waals surface area (Å²) in [5, 5.41) is 16.7. The first-order valence-corrected chi connectivity index (χ1v) is 12.7.